The number of amides is 3. The third-order valence-electron chi connectivity index (χ3n) is 5.33. The standard InChI is InChI=1S/C20H25N5O2/c1-12(2)21-20(27)23-10-16(11-23)24-14(4)17-13(3)22-25(18(17)19(24)26)15-8-6-5-7-9-15/h5-9,12,14,16H,10-11H2,1-4H3,(H,21,27). The molecule has 1 fully saturated rings. The van der Waals surface area contributed by atoms with Gasteiger partial charge in [0, 0.05) is 24.7 Å². The topological polar surface area (TPSA) is 70.5 Å². The Labute approximate surface area is 158 Å². The smallest absolute Gasteiger partial charge is 0.317 e. The van der Waals surface area contributed by atoms with Gasteiger partial charge in [0.15, 0.2) is 0 Å². The number of likely N-dealkylation sites (tertiary alicyclic amines) is 1. The second-order valence-corrected chi connectivity index (χ2v) is 7.65. The first-order chi connectivity index (χ1) is 12.9. The summed E-state index contributed by atoms with van der Waals surface area (Å²) in [5.41, 5.74) is 3.41. The van der Waals surface area contributed by atoms with Gasteiger partial charge in [0.1, 0.15) is 5.69 Å². The largest absolute Gasteiger partial charge is 0.336 e. The van der Waals surface area contributed by atoms with Crippen LogP contribution in [0.3, 0.4) is 0 Å². The van der Waals surface area contributed by atoms with E-state index in [9.17, 15) is 9.59 Å². The predicted octanol–water partition coefficient (Wildman–Crippen LogP) is 2.50. The summed E-state index contributed by atoms with van der Waals surface area (Å²) < 4.78 is 1.76. The summed E-state index contributed by atoms with van der Waals surface area (Å²) in [6.07, 6.45) is 0. The van der Waals surface area contributed by atoms with Crippen molar-refractivity contribution < 1.29 is 9.59 Å². The average molecular weight is 367 g/mol. The predicted molar refractivity (Wildman–Crippen MR) is 102 cm³/mol. The van der Waals surface area contributed by atoms with Crippen molar-refractivity contribution in [1.82, 2.24) is 24.9 Å². The molecule has 1 unspecified atom stereocenters. The van der Waals surface area contributed by atoms with Gasteiger partial charge >= 0.3 is 6.03 Å². The number of carbonyl (C=O) groups is 2. The lowest BCUT2D eigenvalue weighted by molar-refractivity contribution is 0.0303. The highest BCUT2D eigenvalue weighted by molar-refractivity contribution is 5.99. The van der Waals surface area contributed by atoms with Crippen molar-refractivity contribution in [3.05, 3.63) is 47.3 Å². The zero-order chi connectivity index (χ0) is 19.3. The normalized spacial score (nSPS) is 19.4. The number of rotatable bonds is 3. The molecule has 2 aromatic rings. The summed E-state index contributed by atoms with van der Waals surface area (Å²) >= 11 is 0. The Morgan fingerprint density at radius 2 is 1.89 bits per heavy atom. The molecule has 2 aliphatic heterocycles. The number of para-hydroxylation sites is 1. The van der Waals surface area contributed by atoms with E-state index in [1.165, 1.54) is 0 Å². The van der Waals surface area contributed by atoms with Crippen molar-refractivity contribution in [1.29, 1.82) is 0 Å². The van der Waals surface area contributed by atoms with Gasteiger partial charge in [-0.2, -0.15) is 5.10 Å². The quantitative estimate of drug-likeness (QED) is 0.906. The second kappa shape index (κ2) is 6.40. The lowest BCUT2D eigenvalue weighted by atomic mass is 10.0. The Kier molecular flexibility index (Phi) is 4.17. The summed E-state index contributed by atoms with van der Waals surface area (Å²) in [5.74, 6) is -0.00382. The molecule has 1 saturated heterocycles. The van der Waals surface area contributed by atoms with Crippen molar-refractivity contribution in [2.45, 2.75) is 45.8 Å². The molecule has 0 radical (unpaired) electrons. The molecule has 0 spiro atoms. The number of fused-ring (bicyclic) bond motifs is 1. The first-order valence-electron chi connectivity index (χ1n) is 9.41. The number of benzene rings is 1. The molecule has 0 bridgehead atoms. The van der Waals surface area contributed by atoms with Gasteiger partial charge in [0.05, 0.1) is 23.5 Å². The Balaban J connectivity index is 1.57. The molecule has 27 heavy (non-hydrogen) atoms. The summed E-state index contributed by atoms with van der Waals surface area (Å²) in [7, 11) is 0. The highest BCUT2D eigenvalue weighted by Crippen LogP contribution is 2.39. The number of urea groups is 1. The van der Waals surface area contributed by atoms with E-state index in [0.717, 1.165) is 16.9 Å². The van der Waals surface area contributed by atoms with Gasteiger partial charge < -0.3 is 15.1 Å². The molecule has 7 nitrogen and oxygen atoms in total. The summed E-state index contributed by atoms with van der Waals surface area (Å²) in [6.45, 7) is 9.01. The molecule has 1 atom stereocenters. The van der Waals surface area contributed by atoms with E-state index in [1.54, 1.807) is 9.58 Å². The van der Waals surface area contributed by atoms with E-state index < -0.39 is 0 Å². The number of aromatic nitrogens is 2. The van der Waals surface area contributed by atoms with Crippen LogP contribution in [0.25, 0.3) is 5.69 Å². The van der Waals surface area contributed by atoms with E-state index in [1.807, 2.05) is 62.9 Å². The molecule has 3 amide bonds. The Hall–Kier alpha value is -2.83. The first kappa shape index (κ1) is 17.6. The van der Waals surface area contributed by atoms with E-state index in [0.29, 0.717) is 18.8 Å². The van der Waals surface area contributed by atoms with Gasteiger partial charge in [-0.25, -0.2) is 9.48 Å². The minimum atomic E-state index is -0.0651. The number of carbonyl (C=O) groups excluding carboxylic acids is 2. The minimum absolute atomic E-state index is 0.00382. The van der Waals surface area contributed by atoms with Crippen LogP contribution in [0.2, 0.25) is 0 Å². The Morgan fingerprint density at radius 3 is 2.52 bits per heavy atom. The molecule has 142 valence electrons. The van der Waals surface area contributed by atoms with Crippen LogP contribution < -0.4 is 5.32 Å². The second-order valence-electron chi connectivity index (χ2n) is 7.65. The van der Waals surface area contributed by atoms with Gasteiger partial charge in [0.25, 0.3) is 5.91 Å². The van der Waals surface area contributed by atoms with E-state index in [4.69, 9.17) is 0 Å². The number of hydrogen-bond acceptors (Lipinski definition) is 3. The zero-order valence-electron chi connectivity index (χ0n) is 16.1. The van der Waals surface area contributed by atoms with Crippen LogP contribution in [-0.2, 0) is 0 Å². The number of hydrogen-bond donors (Lipinski definition) is 1. The van der Waals surface area contributed by atoms with Crippen molar-refractivity contribution in [2.75, 3.05) is 13.1 Å². The molecule has 1 N–H and O–H groups in total. The van der Waals surface area contributed by atoms with Crippen LogP contribution in [0.15, 0.2) is 30.3 Å². The van der Waals surface area contributed by atoms with Crippen LogP contribution in [0, 0.1) is 6.92 Å². The molecule has 0 saturated carbocycles. The molecular formula is C20H25N5O2. The maximum atomic E-state index is 13.2. The van der Waals surface area contributed by atoms with Crippen LogP contribution in [0.5, 0.6) is 0 Å². The van der Waals surface area contributed by atoms with E-state index in [-0.39, 0.29) is 30.1 Å². The third-order valence-corrected chi connectivity index (χ3v) is 5.33. The molecule has 3 heterocycles. The third kappa shape index (κ3) is 2.78. The molecule has 1 aromatic heterocycles. The molecule has 1 aromatic carbocycles. The summed E-state index contributed by atoms with van der Waals surface area (Å²) in [4.78, 5) is 29.0. The van der Waals surface area contributed by atoms with Gasteiger partial charge in [-0.05, 0) is 39.8 Å². The van der Waals surface area contributed by atoms with Gasteiger partial charge in [-0.3, -0.25) is 4.79 Å². The average Bonchev–Trinajstić information content (AvgIpc) is 3.05. The van der Waals surface area contributed by atoms with Gasteiger partial charge in [-0.1, -0.05) is 18.2 Å². The number of nitrogens with one attached hydrogen (secondary N) is 1. The van der Waals surface area contributed by atoms with Crippen molar-refractivity contribution >= 4 is 11.9 Å². The molecule has 4 rings (SSSR count). The number of nitrogens with zero attached hydrogens (tertiary/aromatic N) is 4. The maximum absolute atomic E-state index is 13.2. The van der Waals surface area contributed by atoms with Crippen LogP contribution in [-0.4, -0.2) is 56.7 Å². The summed E-state index contributed by atoms with van der Waals surface area (Å²) in [6, 6.07) is 9.78. The van der Waals surface area contributed by atoms with E-state index in [2.05, 4.69) is 10.4 Å². The fraction of sp³-hybridized carbons (Fsp3) is 0.450. The minimum Gasteiger partial charge on any atom is -0.336 e. The molecule has 7 heteroatoms. The number of aryl methyl sites for hydroxylation is 1. The van der Waals surface area contributed by atoms with Crippen molar-refractivity contribution in [3.63, 3.8) is 0 Å². The first-order valence-corrected chi connectivity index (χ1v) is 9.41. The highest BCUT2D eigenvalue weighted by Gasteiger charge is 2.47. The lowest BCUT2D eigenvalue weighted by Gasteiger charge is -2.45. The molecule has 2 aliphatic rings. The van der Waals surface area contributed by atoms with Crippen LogP contribution >= 0.6 is 0 Å². The monoisotopic (exact) mass is 367 g/mol. The molecular weight excluding hydrogens is 342 g/mol. The van der Waals surface area contributed by atoms with Gasteiger partial charge in [0.2, 0.25) is 0 Å². The molecule has 0 aliphatic carbocycles. The maximum Gasteiger partial charge on any atom is 0.317 e. The zero-order valence-corrected chi connectivity index (χ0v) is 16.1. The highest BCUT2D eigenvalue weighted by atomic mass is 16.2. The Morgan fingerprint density at radius 1 is 1.22 bits per heavy atom. The van der Waals surface area contributed by atoms with Crippen LogP contribution in [0.1, 0.15) is 48.6 Å². The SMILES string of the molecule is Cc1nn(-c2ccccc2)c2c1C(C)N(C1CN(C(=O)NC(C)C)C1)C2=O. The van der Waals surface area contributed by atoms with Gasteiger partial charge in [-0.15, -0.1) is 0 Å². The summed E-state index contributed by atoms with van der Waals surface area (Å²) in [5, 5.41) is 7.51. The van der Waals surface area contributed by atoms with Crippen molar-refractivity contribution in [3.8, 4) is 5.69 Å². The van der Waals surface area contributed by atoms with Crippen molar-refractivity contribution in [2.24, 2.45) is 0 Å². The van der Waals surface area contributed by atoms with Crippen LogP contribution in [0.4, 0.5) is 4.79 Å². The van der Waals surface area contributed by atoms with E-state index >= 15 is 0 Å². The fourth-order valence-electron chi connectivity index (χ4n) is 4.06. The lowest BCUT2D eigenvalue weighted by Crippen LogP contribution is -2.63. The Bertz CT molecular complexity index is 883. The fourth-order valence-corrected chi connectivity index (χ4v) is 4.06.